The molecule has 0 fully saturated rings. The van der Waals surface area contributed by atoms with Gasteiger partial charge in [0, 0.05) is 11.8 Å². The minimum absolute atomic E-state index is 0.00679. The summed E-state index contributed by atoms with van der Waals surface area (Å²) in [5.41, 5.74) is 2.38. The lowest BCUT2D eigenvalue weighted by Gasteiger charge is -2.12. The van der Waals surface area contributed by atoms with Gasteiger partial charge in [0.05, 0.1) is 5.69 Å². The van der Waals surface area contributed by atoms with Gasteiger partial charge >= 0.3 is 0 Å². The number of aromatic nitrogens is 1. The Kier molecular flexibility index (Phi) is 4.72. The molecule has 1 heterocycles. The van der Waals surface area contributed by atoms with Crippen LogP contribution >= 0.6 is 0 Å². The first-order valence-corrected chi connectivity index (χ1v) is 6.08. The second kappa shape index (κ2) is 6.05. The highest BCUT2D eigenvalue weighted by molar-refractivity contribution is 5.42. The Hall–Kier alpha value is -2.03. The monoisotopic (exact) mass is 245 g/mol. The van der Waals surface area contributed by atoms with E-state index in [1.54, 1.807) is 17.6 Å². The molecule has 0 radical (unpaired) electrons. The largest absolute Gasteiger partial charge is 0.508 e. The van der Waals surface area contributed by atoms with E-state index in [1.165, 1.54) is 6.07 Å². The van der Waals surface area contributed by atoms with E-state index in [0.29, 0.717) is 0 Å². The molecular formula is C15H19NO2. The zero-order valence-electron chi connectivity index (χ0n) is 11.3. The van der Waals surface area contributed by atoms with Crippen molar-refractivity contribution in [2.24, 2.45) is 0 Å². The quantitative estimate of drug-likeness (QED) is 0.838. The molecular weight excluding hydrogens is 226 g/mol. The standard InChI is InChI=1S/C13H13NO2.C2H6/c1-9-5-3-4-6-12(9)14-10(2)7-11(15)8-13(14)16;1-2/h3-8,15H,1-2H3;1-2H3. The maximum atomic E-state index is 11.8. The van der Waals surface area contributed by atoms with E-state index in [1.807, 2.05) is 45.0 Å². The summed E-state index contributed by atoms with van der Waals surface area (Å²) in [6, 6.07) is 10.5. The Bertz CT molecular complexity index is 585. The molecule has 3 nitrogen and oxygen atoms in total. The van der Waals surface area contributed by atoms with Gasteiger partial charge in [-0.05, 0) is 31.5 Å². The topological polar surface area (TPSA) is 42.2 Å². The van der Waals surface area contributed by atoms with E-state index in [-0.39, 0.29) is 11.3 Å². The van der Waals surface area contributed by atoms with Crippen molar-refractivity contribution in [1.29, 1.82) is 0 Å². The number of rotatable bonds is 1. The predicted molar refractivity (Wildman–Crippen MR) is 74.5 cm³/mol. The van der Waals surface area contributed by atoms with E-state index in [9.17, 15) is 9.90 Å². The average Bonchev–Trinajstić information content (AvgIpc) is 2.33. The number of pyridine rings is 1. The van der Waals surface area contributed by atoms with E-state index < -0.39 is 0 Å². The number of para-hydroxylation sites is 1. The minimum atomic E-state index is -0.216. The molecule has 1 N–H and O–H groups in total. The first kappa shape index (κ1) is 14.0. The van der Waals surface area contributed by atoms with Crippen molar-refractivity contribution in [1.82, 2.24) is 4.57 Å². The summed E-state index contributed by atoms with van der Waals surface area (Å²) in [4.78, 5) is 11.8. The summed E-state index contributed by atoms with van der Waals surface area (Å²) in [6.07, 6.45) is 0. The van der Waals surface area contributed by atoms with Crippen molar-refractivity contribution >= 4 is 0 Å². The van der Waals surface area contributed by atoms with Gasteiger partial charge in [-0.25, -0.2) is 0 Å². The van der Waals surface area contributed by atoms with Gasteiger partial charge in [0.2, 0.25) is 0 Å². The predicted octanol–water partition coefficient (Wildman–Crippen LogP) is 3.19. The molecule has 3 heteroatoms. The maximum Gasteiger partial charge on any atom is 0.258 e. The van der Waals surface area contributed by atoms with Crippen LogP contribution in [0.5, 0.6) is 5.75 Å². The van der Waals surface area contributed by atoms with Gasteiger partial charge in [-0.1, -0.05) is 32.0 Å². The van der Waals surface area contributed by atoms with Crippen molar-refractivity contribution in [3.63, 3.8) is 0 Å². The van der Waals surface area contributed by atoms with Crippen LogP contribution in [0.1, 0.15) is 25.1 Å². The van der Waals surface area contributed by atoms with Crippen LogP contribution in [-0.4, -0.2) is 9.67 Å². The van der Waals surface area contributed by atoms with Gasteiger partial charge in [-0.15, -0.1) is 0 Å². The second-order valence-electron chi connectivity index (χ2n) is 3.82. The van der Waals surface area contributed by atoms with Crippen LogP contribution in [-0.2, 0) is 0 Å². The summed E-state index contributed by atoms with van der Waals surface area (Å²) in [6.45, 7) is 7.75. The fourth-order valence-electron chi connectivity index (χ4n) is 1.81. The number of nitrogens with zero attached hydrogens (tertiary/aromatic N) is 1. The third-order valence-electron chi connectivity index (χ3n) is 2.56. The number of benzene rings is 1. The van der Waals surface area contributed by atoms with Gasteiger partial charge in [0.25, 0.3) is 5.56 Å². The zero-order chi connectivity index (χ0) is 13.7. The van der Waals surface area contributed by atoms with Gasteiger partial charge in [-0.2, -0.15) is 0 Å². The number of hydrogen-bond acceptors (Lipinski definition) is 2. The number of aromatic hydroxyl groups is 1. The van der Waals surface area contributed by atoms with Gasteiger partial charge in [0.1, 0.15) is 5.75 Å². The molecule has 0 aliphatic heterocycles. The van der Waals surface area contributed by atoms with Crippen molar-refractivity contribution in [3.05, 3.63) is 58.0 Å². The lowest BCUT2D eigenvalue weighted by Crippen LogP contribution is -2.19. The molecule has 0 aliphatic carbocycles. The molecule has 0 saturated heterocycles. The SMILES string of the molecule is CC.Cc1ccccc1-n1c(C)cc(O)cc1=O. The van der Waals surface area contributed by atoms with Crippen LogP contribution in [0.25, 0.3) is 5.69 Å². The smallest absolute Gasteiger partial charge is 0.258 e. The Morgan fingerprint density at radius 3 is 2.22 bits per heavy atom. The maximum absolute atomic E-state index is 11.8. The first-order valence-electron chi connectivity index (χ1n) is 6.08. The molecule has 1 aromatic carbocycles. The second-order valence-corrected chi connectivity index (χ2v) is 3.82. The highest BCUT2D eigenvalue weighted by Gasteiger charge is 2.06. The third kappa shape index (κ3) is 2.80. The van der Waals surface area contributed by atoms with Crippen molar-refractivity contribution < 1.29 is 5.11 Å². The molecule has 0 spiro atoms. The fraction of sp³-hybridized carbons (Fsp3) is 0.267. The van der Waals surface area contributed by atoms with Gasteiger partial charge < -0.3 is 5.11 Å². The molecule has 0 atom stereocenters. The lowest BCUT2D eigenvalue weighted by molar-refractivity contribution is 0.472. The van der Waals surface area contributed by atoms with Crippen molar-refractivity contribution in [2.75, 3.05) is 0 Å². The van der Waals surface area contributed by atoms with Crippen LogP contribution < -0.4 is 5.56 Å². The van der Waals surface area contributed by atoms with Crippen LogP contribution in [0, 0.1) is 13.8 Å². The molecule has 1 aromatic heterocycles. The molecule has 18 heavy (non-hydrogen) atoms. The first-order chi connectivity index (χ1) is 8.59. The van der Waals surface area contributed by atoms with Gasteiger partial charge in [0.15, 0.2) is 0 Å². The minimum Gasteiger partial charge on any atom is -0.508 e. The Balaban J connectivity index is 0.000000771. The van der Waals surface area contributed by atoms with Gasteiger partial charge in [-0.3, -0.25) is 9.36 Å². The van der Waals surface area contributed by atoms with Crippen LogP contribution in [0.2, 0.25) is 0 Å². The Morgan fingerprint density at radius 1 is 1.06 bits per heavy atom. The molecule has 0 amide bonds. The highest BCUT2D eigenvalue weighted by Crippen LogP contribution is 2.15. The third-order valence-corrected chi connectivity index (χ3v) is 2.56. The van der Waals surface area contributed by atoms with Crippen LogP contribution in [0.15, 0.2) is 41.2 Å². The van der Waals surface area contributed by atoms with E-state index >= 15 is 0 Å². The zero-order valence-corrected chi connectivity index (χ0v) is 11.3. The fourth-order valence-corrected chi connectivity index (χ4v) is 1.81. The summed E-state index contributed by atoms with van der Waals surface area (Å²) >= 11 is 0. The Labute approximate surface area is 107 Å². The molecule has 0 unspecified atom stereocenters. The molecule has 96 valence electrons. The molecule has 2 rings (SSSR count). The highest BCUT2D eigenvalue weighted by atomic mass is 16.3. The van der Waals surface area contributed by atoms with E-state index in [4.69, 9.17) is 0 Å². The summed E-state index contributed by atoms with van der Waals surface area (Å²) in [5.74, 6) is 0.00679. The lowest BCUT2D eigenvalue weighted by atomic mass is 10.2. The molecule has 0 bridgehead atoms. The average molecular weight is 245 g/mol. The van der Waals surface area contributed by atoms with Crippen molar-refractivity contribution in [2.45, 2.75) is 27.7 Å². The summed E-state index contributed by atoms with van der Waals surface area (Å²) in [7, 11) is 0. The molecule has 2 aromatic rings. The molecule has 0 aliphatic rings. The van der Waals surface area contributed by atoms with E-state index in [0.717, 1.165) is 16.9 Å². The van der Waals surface area contributed by atoms with Crippen LogP contribution in [0.3, 0.4) is 0 Å². The number of aryl methyl sites for hydroxylation is 2. The van der Waals surface area contributed by atoms with Crippen molar-refractivity contribution in [3.8, 4) is 11.4 Å². The summed E-state index contributed by atoms with van der Waals surface area (Å²) in [5, 5.41) is 9.32. The van der Waals surface area contributed by atoms with Crippen LogP contribution in [0.4, 0.5) is 0 Å². The summed E-state index contributed by atoms with van der Waals surface area (Å²) < 4.78 is 1.59. The van der Waals surface area contributed by atoms with E-state index in [2.05, 4.69) is 0 Å². The normalized spacial score (nSPS) is 9.56. The number of hydrogen-bond donors (Lipinski definition) is 1. The molecule has 0 saturated carbocycles. The Morgan fingerprint density at radius 2 is 1.67 bits per heavy atom.